The van der Waals surface area contributed by atoms with Gasteiger partial charge in [0.2, 0.25) is 5.91 Å². The van der Waals surface area contributed by atoms with E-state index >= 15 is 0 Å². The van der Waals surface area contributed by atoms with E-state index in [4.69, 9.17) is 10.2 Å². The zero-order valence-corrected chi connectivity index (χ0v) is 10.7. The summed E-state index contributed by atoms with van der Waals surface area (Å²) in [5.74, 6) is -0.982. The monoisotopic (exact) mass is 245 g/mol. The lowest BCUT2D eigenvalue weighted by Crippen LogP contribution is -2.34. The molecule has 0 atom stereocenters. The van der Waals surface area contributed by atoms with E-state index in [2.05, 4.69) is 5.32 Å². The van der Waals surface area contributed by atoms with E-state index in [1.54, 1.807) is 0 Å². The van der Waals surface area contributed by atoms with Crippen LogP contribution in [0.4, 0.5) is 0 Å². The molecule has 1 amide bonds. The van der Waals surface area contributed by atoms with Crippen molar-refractivity contribution in [2.75, 3.05) is 13.2 Å². The number of amides is 1. The SMILES string of the molecule is CC(C)(CCCO)CNC(=O)CCCC(=O)O. The average molecular weight is 245 g/mol. The van der Waals surface area contributed by atoms with Crippen molar-refractivity contribution >= 4 is 11.9 Å². The van der Waals surface area contributed by atoms with Crippen LogP contribution in [0, 0.1) is 5.41 Å². The Balaban J connectivity index is 3.71. The number of carboxylic acid groups (broad SMARTS) is 1. The van der Waals surface area contributed by atoms with E-state index in [1.807, 2.05) is 13.8 Å². The summed E-state index contributed by atoms with van der Waals surface area (Å²) in [4.78, 5) is 21.7. The summed E-state index contributed by atoms with van der Waals surface area (Å²) in [6.45, 7) is 4.77. The van der Waals surface area contributed by atoms with Gasteiger partial charge in [0.25, 0.3) is 0 Å². The quantitative estimate of drug-likeness (QED) is 0.569. The average Bonchev–Trinajstić information content (AvgIpc) is 2.23. The van der Waals surface area contributed by atoms with E-state index in [1.165, 1.54) is 0 Å². The summed E-state index contributed by atoms with van der Waals surface area (Å²) in [6.07, 6.45) is 2.22. The minimum Gasteiger partial charge on any atom is -0.481 e. The van der Waals surface area contributed by atoms with Gasteiger partial charge in [-0.1, -0.05) is 13.8 Å². The molecule has 3 N–H and O–H groups in total. The van der Waals surface area contributed by atoms with Gasteiger partial charge in [0, 0.05) is 26.0 Å². The first-order valence-electron chi connectivity index (χ1n) is 5.97. The molecule has 0 aromatic carbocycles. The van der Waals surface area contributed by atoms with E-state index in [9.17, 15) is 9.59 Å². The van der Waals surface area contributed by atoms with Crippen LogP contribution >= 0.6 is 0 Å². The second-order valence-electron chi connectivity index (χ2n) is 5.02. The molecule has 0 aromatic rings. The zero-order valence-electron chi connectivity index (χ0n) is 10.7. The van der Waals surface area contributed by atoms with Gasteiger partial charge in [-0.05, 0) is 24.7 Å². The smallest absolute Gasteiger partial charge is 0.303 e. The molecule has 0 heterocycles. The number of nitrogens with one attached hydrogen (secondary N) is 1. The first-order chi connectivity index (χ1) is 7.87. The van der Waals surface area contributed by atoms with E-state index in [-0.39, 0.29) is 30.8 Å². The van der Waals surface area contributed by atoms with Gasteiger partial charge in [-0.25, -0.2) is 0 Å². The lowest BCUT2D eigenvalue weighted by Gasteiger charge is -2.24. The highest BCUT2D eigenvalue weighted by Crippen LogP contribution is 2.20. The molecule has 0 aliphatic rings. The fourth-order valence-electron chi connectivity index (χ4n) is 1.47. The van der Waals surface area contributed by atoms with Crippen LogP contribution in [0.25, 0.3) is 0 Å². The number of carbonyl (C=O) groups is 2. The Hall–Kier alpha value is -1.10. The molecule has 0 aliphatic heterocycles. The van der Waals surface area contributed by atoms with Crippen LogP contribution in [0.3, 0.4) is 0 Å². The maximum atomic E-state index is 11.4. The van der Waals surface area contributed by atoms with Gasteiger partial charge < -0.3 is 15.5 Å². The molecular formula is C12H23NO4. The Morgan fingerprint density at radius 1 is 1.18 bits per heavy atom. The minimum absolute atomic E-state index is 0.0291. The molecule has 100 valence electrons. The van der Waals surface area contributed by atoms with Crippen LogP contribution in [-0.4, -0.2) is 35.2 Å². The zero-order chi connectivity index (χ0) is 13.3. The molecule has 0 saturated heterocycles. The number of hydrogen-bond donors (Lipinski definition) is 3. The largest absolute Gasteiger partial charge is 0.481 e. The maximum Gasteiger partial charge on any atom is 0.303 e. The maximum absolute atomic E-state index is 11.4. The molecule has 0 unspecified atom stereocenters. The molecule has 0 aliphatic carbocycles. The third-order valence-corrected chi connectivity index (χ3v) is 2.57. The lowest BCUT2D eigenvalue weighted by atomic mass is 9.88. The third kappa shape index (κ3) is 9.81. The van der Waals surface area contributed by atoms with E-state index in [0.717, 1.165) is 12.8 Å². The van der Waals surface area contributed by atoms with Crippen molar-refractivity contribution in [2.45, 2.75) is 46.0 Å². The van der Waals surface area contributed by atoms with Gasteiger partial charge in [-0.15, -0.1) is 0 Å². The van der Waals surface area contributed by atoms with Crippen molar-refractivity contribution in [1.29, 1.82) is 0 Å². The number of carbonyl (C=O) groups excluding carboxylic acids is 1. The molecule has 0 bridgehead atoms. The lowest BCUT2D eigenvalue weighted by molar-refractivity contribution is -0.137. The van der Waals surface area contributed by atoms with Gasteiger partial charge in [-0.3, -0.25) is 9.59 Å². The molecule has 17 heavy (non-hydrogen) atoms. The molecule has 5 heteroatoms. The first-order valence-corrected chi connectivity index (χ1v) is 5.97. The molecule has 0 radical (unpaired) electrons. The Kier molecular flexibility index (Phi) is 7.54. The fraction of sp³-hybridized carbons (Fsp3) is 0.833. The van der Waals surface area contributed by atoms with Crippen LogP contribution in [0.1, 0.15) is 46.0 Å². The second kappa shape index (κ2) is 8.06. The van der Waals surface area contributed by atoms with Crippen LogP contribution in [0.15, 0.2) is 0 Å². The number of aliphatic hydroxyl groups is 1. The Bertz CT molecular complexity index is 251. The van der Waals surface area contributed by atoms with Crippen LogP contribution < -0.4 is 5.32 Å². The summed E-state index contributed by atoms with van der Waals surface area (Å²) in [6, 6.07) is 0. The predicted octanol–water partition coefficient (Wildman–Crippen LogP) is 1.16. The van der Waals surface area contributed by atoms with E-state index in [0.29, 0.717) is 13.0 Å². The Morgan fingerprint density at radius 2 is 1.82 bits per heavy atom. The highest BCUT2D eigenvalue weighted by atomic mass is 16.4. The number of carboxylic acids is 1. The van der Waals surface area contributed by atoms with Crippen LogP contribution in [0.2, 0.25) is 0 Å². The predicted molar refractivity (Wildman–Crippen MR) is 64.6 cm³/mol. The number of aliphatic carboxylic acids is 1. The summed E-state index contributed by atoms with van der Waals surface area (Å²) in [5, 5.41) is 20.0. The molecular weight excluding hydrogens is 222 g/mol. The Morgan fingerprint density at radius 3 is 2.35 bits per heavy atom. The van der Waals surface area contributed by atoms with Gasteiger partial charge in [-0.2, -0.15) is 0 Å². The van der Waals surface area contributed by atoms with Gasteiger partial charge >= 0.3 is 5.97 Å². The summed E-state index contributed by atoms with van der Waals surface area (Å²) in [7, 11) is 0. The molecule has 0 saturated carbocycles. The molecule has 0 rings (SSSR count). The Labute approximate surface area is 102 Å². The number of aliphatic hydroxyl groups excluding tert-OH is 1. The van der Waals surface area contributed by atoms with Gasteiger partial charge in [0.1, 0.15) is 0 Å². The number of rotatable bonds is 9. The van der Waals surface area contributed by atoms with Crippen molar-refractivity contribution in [3.63, 3.8) is 0 Å². The van der Waals surface area contributed by atoms with Crippen molar-refractivity contribution in [3.8, 4) is 0 Å². The van der Waals surface area contributed by atoms with Crippen LogP contribution in [-0.2, 0) is 9.59 Å². The standard InChI is InChI=1S/C12H23NO4/c1-12(2,7-4-8-14)9-13-10(15)5-3-6-11(16)17/h14H,3-9H2,1-2H3,(H,13,15)(H,16,17). The van der Waals surface area contributed by atoms with E-state index < -0.39 is 5.97 Å². The van der Waals surface area contributed by atoms with Crippen molar-refractivity contribution in [3.05, 3.63) is 0 Å². The van der Waals surface area contributed by atoms with Crippen molar-refractivity contribution < 1.29 is 19.8 Å². The second-order valence-corrected chi connectivity index (χ2v) is 5.02. The number of hydrogen-bond acceptors (Lipinski definition) is 3. The van der Waals surface area contributed by atoms with Gasteiger partial charge in [0.15, 0.2) is 0 Å². The molecule has 0 spiro atoms. The highest BCUT2D eigenvalue weighted by Gasteiger charge is 2.18. The molecule has 0 fully saturated rings. The van der Waals surface area contributed by atoms with Crippen LogP contribution in [0.5, 0.6) is 0 Å². The minimum atomic E-state index is -0.874. The topological polar surface area (TPSA) is 86.6 Å². The highest BCUT2D eigenvalue weighted by molar-refractivity contribution is 5.76. The third-order valence-electron chi connectivity index (χ3n) is 2.57. The fourth-order valence-corrected chi connectivity index (χ4v) is 1.47. The first kappa shape index (κ1) is 15.9. The summed E-state index contributed by atoms with van der Waals surface area (Å²) in [5.41, 5.74) is -0.0365. The molecule has 0 aromatic heterocycles. The summed E-state index contributed by atoms with van der Waals surface area (Å²) < 4.78 is 0. The van der Waals surface area contributed by atoms with Gasteiger partial charge in [0.05, 0.1) is 0 Å². The van der Waals surface area contributed by atoms with Crippen molar-refractivity contribution in [2.24, 2.45) is 5.41 Å². The van der Waals surface area contributed by atoms with Crippen molar-refractivity contribution in [1.82, 2.24) is 5.32 Å². The summed E-state index contributed by atoms with van der Waals surface area (Å²) >= 11 is 0. The molecule has 5 nitrogen and oxygen atoms in total. The normalized spacial score (nSPS) is 11.2.